The smallest absolute Gasteiger partial charge is 0.124 e. The molecule has 0 spiro atoms. The molecule has 0 radical (unpaired) electrons. The normalized spacial score (nSPS) is 17.2. The Kier molecular flexibility index (Phi) is 5.10. The summed E-state index contributed by atoms with van der Waals surface area (Å²) >= 11 is 0. The van der Waals surface area contributed by atoms with E-state index in [-0.39, 0.29) is 0 Å². The molecule has 1 N–H and O–H groups in total. The highest BCUT2D eigenvalue weighted by atomic mass is 16.5. The minimum absolute atomic E-state index is 0.322. The molecule has 0 bridgehead atoms. The third kappa shape index (κ3) is 3.64. The number of methoxy groups -OCH3 is 1. The second-order valence-electron chi connectivity index (χ2n) is 4.44. The van der Waals surface area contributed by atoms with Crippen LogP contribution in [0.5, 0.6) is 11.5 Å². The topological polar surface area (TPSA) is 39.7 Å². The number of benzene rings is 1. The first-order valence-electron chi connectivity index (χ1n) is 6.61. The molecule has 1 aliphatic rings. The third-order valence-electron chi connectivity index (χ3n) is 3.20. The molecule has 0 fully saturated rings. The fourth-order valence-corrected chi connectivity index (χ4v) is 2.23. The lowest BCUT2D eigenvalue weighted by Gasteiger charge is -2.27. The van der Waals surface area contributed by atoms with Crippen molar-refractivity contribution in [2.24, 2.45) is 0 Å². The number of rotatable bonds is 7. The average Bonchev–Trinajstić information content (AvgIpc) is 2.46. The van der Waals surface area contributed by atoms with Gasteiger partial charge in [0.05, 0.1) is 26.6 Å². The van der Waals surface area contributed by atoms with E-state index in [0.29, 0.717) is 12.6 Å². The molecule has 0 aliphatic carbocycles. The Labute approximate surface area is 114 Å². The Bertz CT molecular complexity index is 420. The van der Waals surface area contributed by atoms with Crippen LogP contribution >= 0.6 is 0 Å². The Balaban J connectivity index is 1.94. The summed E-state index contributed by atoms with van der Waals surface area (Å²) < 4.78 is 16.0. The molecule has 1 unspecified atom stereocenters. The van der Waals surface area contributed by atoms with Crippen molar-refractivity contribution < 1.29 is 14.2 Å². The predicted molar refractivity (Wildman–Crippen MR) is 74.6 cm³/mol. The summed E-state index contributed by atoms with van der Waals surface area (Å²) in [6.45, 7) is 5.89. The van der Waals surface area contributed by atoms with Gasteiger partial charge in [-0.2, -0.15) is 0 Å². The molecule has 0 saturated carbocycles. The van der Waals surface area contributed by atoms with Crippen LogP contribution in [0, 0.1) is 0 Å². The SMILES string of the molecule is C=COCCCNC1CCOc2ccc(OC)cc21. The number of hydrogen-bond acceptors (Lipinski definition) is 4. The predicted octanol–water partition coefficient (Wildman–Crippen LogP) is 2.66. The Morgan fingerprint density at radius 2 is 2.42 bits per heavy atom. The summed E-state index contributed by atoms with van der Waals surface area (Å²) in [6, 6.07) is 6.27. The van der Waals surface area contributed by atoms with Crippen molar-refractivity contribution in [3.63, 3.8) is 0 Å². The van der Waals surface area contributed by atoms with Gasteiger partial charge in [-0.15, -0.1) is 0 Å². The van der Waals surface area contributed by atoms with Gasteiger partial charge >= 0.3 is 0 Å². The van der Waals surface area contributed by atoms with E-state index in [9.17, 15) is 0 Å². The van der Waals surface area contributed by atoms with Gasteiger partial charge in [0.2, 0.25) is 0 Å². The quantitative estimate of drug-likeness (QED) is 0.606. The van der Waals surface area contributed by atoms with E-state index >= 15 is 0 Å². The van der Waals surface area contributed by atoms with Crippen molar-refractivity contribution in [3.05, 3.63) is 36.6 Å². The van der Waals surface area contributed by atoms with E-state index in [1.54, 1.807) is 7.11 Å². The van der Waals surface area contributed by atoms with Crippen molar-refractivity contribution in [2.45, 2.75) is 18.9 Å². The number of nitrogens with one attached hydrogen (secondary N) is 1. The fourth-order valence-electron chi connectivity index (χ4n) is 2.23. The molecular weight excluding hydrogens is 242 g/mol. The molecule has 1 aromatic rings. The zero-order valence-electron chi connectivity index (χ0n) is 11.4. The minimum atomic E-state index is 0.322. The molecule has 0 saturated heterocycles. The summed E-state index contributed by atoms with van der Waals surface area (Å²) in [5, 5.41) is 3.54. The first-order chi connectivity index (χ1) is 9.35. The Hall–Kier alpha value is -1.68. The van der Waals surface area contributed by atoms with Gasteiger partial charge in [0, 0.05) is 18.0 Å². The van der Waals surface area contributed by atoms with Crippen LogP contribution in [0.1, 0.15) is 24.4 Å². The van der Waals surface area contributed by atoms with Crippen molar-refractivity contribution in [3.8, 4) is 11.5 Å². The number of fused-ring (bicyclic) bond motifs is 1. The Morgan fingerprint density at radius 1 is 1.53 bits per heavy atom. The molecular formula is C15H21NO3. The fraction of sp³-hybridized carbons (Fsp3) is 0.467. The van der Waals surface area contributed by atoms with Gasteiger partial charge in [-0.05, 0) is 31.2 Å². The van der Waals surface area contributed by atoms with E-state index in [2.05, 4.69) is 11.9 Å². The second-order valence-corrected chi connectivity index (χ2v) is 4.44. The molecule has 0 amide bonds. The van der Waals surface area contributed by atoms with E-state index in [1.807, 2.05) is 18.2 Å². The standard InChI is InChI=1S/C15H21NO3/c1-3-18-9-4-8-16-14-7-10-19-15-6-5-12(17-2)11-13(14)15/h3,5-6,11,14,16H,1,4,7-10H2,2H3. The lowest BCUT2D eigenvalue weighted by molar-refractivity contribution is 0.230. The summed E-state index contributed by atoms with van der Waals surface area (Å²) in [5.41, 5.74) is 1.18. The number of hydrogen-bond donors (Lipinski definition) is 1. The number of ether oxygens (including phenoxy) is 3. The van der Waals surface area contributed by atoms with Crippen molar-refractivity contribution in [1.82, 2.24) is 5.32 Å². The minimum Gasteiger partial charge on any atom is -0.502 e. The molecule has 1 atom stereocenters. The average molecular weight is 263 g/mol. The van der Waals surface area contributed by atoms with Gasteiger partial charge in [-0.3, -0.25) is 0 Å². The van der Waals surface area contributed by atoms with E-state index in [4.69, 9.17) is 14.2 Å². The molecule has 1 aliphatic heterocycles. The molecule has 19 heavy (non-hydrogen) atoms. The zero-order valence-corrected chi connectivity index (χ0v) is 11.4. The van der Waals surface area contributed by atoms with Gasteiger partial charge in [0.1, 0.15) is 11.5 Å². The molecule has 1 heterocycles. The van der Waals surface area contributed by atoms with Crippen molar-refractivity contribution in [2.75, 3.05) is 26.9 Å². The molecule has 1 aromatic carbocycles. The van der Waals surface area contributed by atoms with Crippen LogP contribution in [-0.4, -0.2) is 26.9 Å². The zero-order chi connectivity index (χ0) is 13.5. The summed E-state index contributed by atoms with van der Waals surface area (Å²) in [4.78, 5) is 0. The summed E-state index contributed by atoms with van der Waals surface area (Å²) in [6.07, 6.45) is 3.42. The van der Waals surface area contributed by atoms with Crippen LogP contribution in [-0.2, 0) is 4.74 Å². The molecule has 104 valence electrons. The third-order valence-corrected chi connectivity index (χ3v) is 3.20. The monoisotopic (exact) mass is 263 g/mol. The van der Waals surface area contributed by atoms with Gasteiger partial charge in [0.25, 0.3) is 0 Å². The highest BCUT2D eigenvalue weighted by Crippen LogP contribution is 2.34. The van der Waals surface area contributed by atoms with Crippen molar-refractivity contribution in [1.29, 1.82) is 0 Å². The van der Waals surface area contributed by atoms with Crippen LogP contribution in [0.25, 0.3) is 0 Å². The highest BCUT2D eigenvalue weighted by Gasteiger charge is 2.21. The van der Waals surface area contributed by atoms with E-state index in [0.717, 1.165) is 37.5 Å². The maximum absolute atomic E-state index is 5.66. The van der Waals surface area contributed by atoms with Crippen LogP contribution < -0.4 is 14.8 Å². The summed E-state index contributed by atoms with van der Waals surface area (Å²) in [5.74, 6) is 1.82. The van der Waals surface area contributed by atoms with Crippen LogP contribution in [0.3, 0.4) is 0 Å². The molecule has 0 aromatic heterocycles. The van der Waals surface area contributed by atoms with Crippen molar-refractivity contribution >= 4 is 0 Å². The molecule has 2 rings (SSSR count). The Morgan fingerprint density at radius 3 is 3.21 bits per heavy atom. The van der Waals surface area contributed by atoms with E-state index < -0.39 is 0 Å². The lowest BCUT2D eigenvalue weighted by Crippen LogP contribution is -2.28. The van der Waals surface area contributed by atoms with E-state index in [1.165, 1.54) is 11.8 Å². The van der Waals surface area contributed by atoms with Crippen LogP contribution in [0.4, 0.5) is 0 Å². The first-order valence-corrected chi connectivity index (χ1v) is 6.61. The molecule has 4 heteroatoms. The summed E-state index contributed by atoms with van der Waals surface area (Å²) in [7, 11) is 1.68. The van der Waals surface area contributed by atoms with Crippen LogP contribution in [0.2, 0.25) is 0 Å². The van der Waals surface area contributed by atoms with Crippen LogP contribution in [0.15, 0.2) is 31.0 Å². The van der Waals surface area contributed by atoms with Gasteiger partial charge < -0.3 is 19.5 Å². The lowest BCUT2D eigenvalue weighted by atomic mass is 10.00. The second kappa shape index (κ2) is 7.04. The maximum Gasteiger partial charge on any atom is 0.124 e. The highest BCUT2D eigenvalue weighted by molar-refractivity contribution is 5.43. The molecule has 4 nitrogen and oxygen atoms in total. The maximum atomic E-state index is 5.66. The van der Waals surface area contributed by atoms with Gasteiger partial charge in [-0.1, -0.05) is 6.58 Å². The van der Waals surface area contributed by atoms with Gasteiger partial charge in [-0.25, -0.2) is 0 Å². The van der Waals surface area contributed by atoms with Gasteiger partial charge in [0.15, 0.2) is 0 Å². The largest absolute Gasteiger partial charge is 0.502 e. The first kappa shape index (κ1) is 13.7.